The number of rotatable bonds is 4. The number of nitrogens with one attached hydrogen (secondary N) is 3. The van der Waals surface area contributed by atoms with Crippen LogP contribution in [0.5, 0.6) is 0 Å². The van der Waals surface area contributed by atoms with Crippen molar-refractivity contribution in [3.63, 3.8) is 0 Å². The second-order valence-corrected chi connectivity index (χ2v) is 5.74. The highest BCUT2D eigenvalue weighted by molar-refractivity contribution is 5.82. The second kappa shape index (κ2) is 5.65. The molecule has 0 spiro atoms. The van der Waals surface area contributed by atoms with Crippen LogP contribution < -0.4 is 5.32 Å². The maximum Gasteiger partial charge on any atom is 0.154 e. The standard InChI is InChI=1S/C19H18N4/c1-13-4-2-5-14(10-13)12-21-15-7-8-16-18(11-15)23-19(22-16)17-6-3-9-20-17/h2-11,20-21H,12H2,1H3,(H,22,23). The molecule has 4 rings (SSSR count). The Hall–Kier alpha value is -3.01. The number of nitrogens with zero attached hydrogens (tertiary/aromatic N) is 1. The lowest BCUT2D eigenvalue weighted by Crippen LogP contribution is -1.99. The number of imidazole rings is 1. The summed E-state index contributed by atoms with van der Waals surface area (Å²) in [6.45, 7) is 2.92. The largest absolute Gasteiger partial charge is 0.381 e. The Morgan fingerprint density at radius 2 is 2.00 bits per heavy atom. The normalized spacial score (nSPS) is 11.0. The minimum absolute atomic E-state index is 0.807. The Bertz CT molecular complexity index is 935. The lowest BCUT2D eigenvalue weighted by molar-refractivity contribution is 1.14. The van der Waals surface area contributed by atoms with Gasteiger partial charge < -0.3 is 15.3 Å². The van der Waals surface area contributed by atoms with Crippen LogP contribution in [0.1, 0.15) is 11.1 Å². The molecule has 0 aliphatic carbocycles. The van der Waals surface area contributed by atoms with Crippen LogP contribution in [-0.4, -0.2) is 15.0 Å². The molecule has 0 saturated heterocycles. The van der Waals surface area contributed by atoms with E-state index in [9.17, 15) is 0 Å². The van der Waals surface area contributed by atoms with Crippen molar-refractivity contribution in [2.45, 2.75) is 13.5 Å². The van der Waals surface area contributed by atoms with E-state index < -0.39 is 0 Å². The van der Waals surface area contributed by atoms with Crippen molar-refractivity contribution in [3.8, 4) is 11.5 Å². The summed E-state index contributed by atoms with van der Waals surface area (Å²) in [6.07, 6.45) is 1.90. The summed E-state index contributed by atoms with van der Waals surface area (Å²) in [4.78, 5) is 11.2. The smallest absolute Gasteiger partial charge is 0.154 e. The first-order chi connectivity index (χ1) is 11.3. The third-order valence-corrected chi connectivity index (χ3v) is 3.92. The highest BCUT2D eigenvalue weighted by Gasteiger charge is 2.06. The summed E-state index contributed by atoms with van der Waals surface area (Å²) in [7, 11) is 0. The van der Waals surface area contributed by atoms with Crippen LogP contribution in [0.15, 0.2) is 60.8 Å². The quantitative estimate of drug-likeness (QED) is 0.520. The van der Waals surface area contributed by atoms with E-state index in [1.54, 1.807) is 0 Å². The van der Waals surface area contributed by atoms with E-state index in [-0.39, 0.29) is 0 Å². The first-order valence-electron chi connectivity index (χ1n) is 7.71. The number of aryl methyl sites for hydroxylation is 1. The van der Waals surface area contributed by atoms with Gasteiger partial charge in [-0.25, -0.2) is 4.98 Å². The Balaban J connectivity index is 1.56. The Morgan fingerprint density at radius 3 is 2.83 bits per heavy atom. The Morgan fingerprint density at radius 1 is 1.04 bits per heavy atom. The second-order valence-electron chi connectivity index (χ2n) is 5.74. The number of aromatic amines is 2. The molecule has 2 aromatic carbocycles. The van der Waals surface area contributed by atoms with E-state index in [1.165, 1.54) is 11.1 Å². The number of hydrogen-bond acceptors (Lipinski definition) is 2. The maximum atomic E-state index is 4.66. The van der Waals surface area contributed by atoms with Crippen molar-refractivity contribution in [2.75, 3.05) is 5.32 Å². The summed E-state index contributed by atoms with van der Waals surface area (Å²) < 4.78 is 0. The van der Waals surface area contributed by atoms with Gasteiger partial charge in [0.15, 0.2) is 5.82 Å². The Labute approximate surface area is 134 Å². The van der Waals surface area contributed by atoms with Gasteiger partial charge >= 0.3 is 0 Å². The van der Waals surface area contributed by atoms with Crippen molar-refractivity contribution in [1.29, 1.82) is 0 Å². The zero-order chi connectivity index (χ0) is 15.6. The van der Waals surface area contributed by atoms with Gasteiger partial charge in [-0.1, -0.05) is 29.8 Å². The molecule has 0 amide bonds. The van der Waals surface area contributed by atoms with Crippen LogP contribution in [0.2, 0.25) is 0 Å². The van der Waals surface area contributed by atoms with Crippen molar-refractivity contribution in [3.05, 3.63) is 71.9 Å². The van der Waals surface area contributed by atoms with E-state index in [0.29, 0.717) is 0 Å². The molecule has 0 fully saturated rings. The first kappa shape index (κ1) is 13.6. The van der Waals surface area contributed by atoms with Gasteiger partial charge in [-0.2, -0.15) is 0 Å². The molecule has 114 valence electrons. The van der Waals surface area contributed by atoms with Gasteiger partial charge in [0, 0.05) is 18.4 Å². The fourth-order valence-corrected chi connectivity index (χ4v) is 2.75. The van der Waals surface area contributed by atoms with Crippen LogP contribution in [0.3, 0.4) is 0 Å². The van der Waals surface area contributed by atoms with Gasteiger partial charge in [-0.05, 0) is 42.8 Å². The van der Waals surface area contributed by atoms with Crippen LogP contribution in [0, 0.1) is 6.92 Å². The molecule has 3 N–H and O–H groups in total. The van der Waals surface area contributed by atoms with Gasteiger partial charge in [0.05, 0.1) is 16.7 Å². The van der Waals surface area contributed by atoms with Gasteiger partial charge in [0.1, 0.15) is 0 Å². The molecule has 0 unspecified atom stereocenters. The minimum atomic E-state index is 0.807. The molecular weight excluding hydrogens is 284 g/mol. The SMILES string of the molecule is Cc1cccc(CNc2ccc3[nH]c(-c4ccc[nH]4)nc3c2)c1. The van der Waals surface area contributed by atoms with Crippen molar-refractivity contribution < 1.29 is 0 Å². The minimum Gasteiger partial charge on any atom is -0.381 e. The third kappa shape index (κ3) is 2.83. The van der Waals surface area contributed by atoms with Crippen molar-refractivity contribution >= 4 is 16.7 Å². The summed E-state index contributed by atoms with van der Waals surface area (Å²) in [5.74, 6) is 0.862. The molecule has 4 nitrogen and oxygen atoms in total. The highest BCUT2D eigenvalue weighted by atomic mass is 15.0. The molecule has 0 aliphatic rings. The summed E-state index contributed by atoms with van der Waals surface area (Å²) >= 11 is 0. The van der Waals surface area contributed by atoms with E-state index in [1.807, 2.05) is 18.3 Å². The van der Waals surface area contributed by atoms with Gasteiger partial charge in [0.2, 0.25) is 0 Å². The van der Waals surface area contributed by atoms with Gasteiger partial charge in [0.25, 0.3) is 0 Å². The molecule has 4 heteroatoms. The zero-order valence-electron chi connectivity index (χ0n) is 12.9. The summed E-state index contributed by atoms with van der Waals surface area (Å²) in [6, 6.07) is 18.7. The molecule has 23 heavy (non-hydrogen) atoms. The lowest BCUT2D eigenvalue weighted by atomic mass is 10.1. The molecule has 2 heterocycles. The molecule has 0 atom stereocenters. The predicted molar refractivity (Wildman–Crippen MR) is 94.4 cm³/mol. The molecule has 0 radical (unpaired) electrons. The number of H-pyrrole nitrogens is 2. The molecule has 0 aliphatic heterocycles. The van der Waals surface area contributed by atoms with Crippen molar-refractivity contribution in [2.24, 2.45) is 0 Å². The molecule has 0 bridgehead atoms. The fourth-order valence-electron chi connectivity index (χ4n) is 2.75. The van der Waals surface area contributed by atoms with Crippen LogP contribution in [0.4, 0.5) is 5.69 Å². The van der Waals surface area contributed by atoms with Crippen LogP contribution in [-0.2, 0) is 6.54 Å². The van der Waals surface area contributed by atoms with Crippen LogP contribution in [0.25, 0.3) is 22.6 Å². The number of anilines is 1. The molecular formula is C19H18N4. The number of hydrogen-bond donors (Lipinski definition) is 3. The average molecular weight is 302 g/mol. The van der Waals surface area contributed by atoms with Gasteiger partial charge in [-0.15, -0.1) is 0 Å². The number of benzene rings is 2. The van der Waals surface area contributed by atoms with Crippen molar-refractivity contribution in [1.82, 2.24) is 15.0 Å². The highest BCUT2D eigenvalue weighted by Crippen LogP contribution is 2.22. The topological polar surface area (TPSA) is 56.5 Å². The van der Waals surface area contributed by atoms with Crippen LogP contribution >= 0.6 is 0 Å². The third-order valence-electron chi connectivity index (χ3n) is 3.92. The average Bonchev–Trinajstić information content (AvgIpc) is 3.21. The molecule has 4 aromatic rings. The zero-order valence-corrected chi connectivity index (χ0v) is 12.9. The number of fused-ring (bicyclic) bond motifs is 1. The number of aromatic nitrogens is 3. The first-order valence-corrected chi connectivity index (χ1v) is 7.71. The van der Waals surface area contributed by atoms with E-state index in [4.69, 9.17) is 0 Å². The fraction of sp³-hybridized carbons (Fsp3) is 0.105. The summed E-state index contributed by atoms with van der Waals surface area (Å²) in [5, 5.41) is 3.46. The maximum absolute atomic E-state index is 4.66. The molecule has 2 aromatic heterocycles. The monoisotopic (exact) mass is 302 g/mol. The van der Waals surface area contributed by atoms with Gasteiger partial charge in [-0.3, -0.25) is 0 Å². The lowest BCUT2D eigenvalue weighted by Gasteiger charge is -2.07. The molecule has 0 saturated carbocycles. The summed E-state index contributed by atoms with van der Waals surface area (Å²) in [5.41, 5.74) is 6.63. The van der Waals surface area contributed by atoms with E-state index in [2.05, 4.69) is 69.7 Å². The Kier molecular flexibility index (Phi) is 3.35. The van der Waals surface area contributed by atoms with E-state index >= 15 is 0 Å². The van der Waals surface area contributed by atoms with E-state index in [0.717, 1.165) is 34.8 Å². The predicted octanol–water partition coefficient (Wildman–Crippen LogP) is 4.48.